The summed E-state index contributed by atoms with van der Waals surface area (Å²) in [7, 11) is 0. The molecule has 0 radical (unpaired) electrons. The molecule has 2 rings (SSSR count). The number of nitrogen functional groups attached to an aromatic ring is 1. The molecule has 1 aliphatic heterocycles. The lowest BCUT2D eigenvalue weighted by Crippen LogP contribution is -2.41. The van der Waals surface area contributed by atoms with Gasteiger partial charge in [-0.25, -0.2) is 10.8 Å². The van der Waals surface area contributed by atoms with E-state index in [1.54, 1.807) is 6.20 Å². The second-order valence-corrected chi connectivity index (χ2v) is 5.05. The minimum absolute atomic E-state index is 0.130. The Bertz CT molecular complexity index is 454. The number of carbonyl (C=O) groups excluding carboxylic acids is 1. The Morgan fingerprint density at radius 1 is 1.61 bits per heavy atom. The molecular weight excluding hydrogens is 300 g/mol. The molecule has 7 nitrogen and oxygen atoms in total. The highest BCUT2D eigenvalue weighted by molar-refractivity contribution is 9.10. The number of amides is 1. The number of nitrogens with zero attached hydrogens (tertiary/aromatic N) is 3. The molecule has 1 aromatic rings. The number of carbonyl (C=O) groups is 1. The number of aromatic nitrogens is 2. The first-order valence-electron chi connectivity index (χ1n) is 5.65. The van der Waals surface area contributed by atoms with Gasteiger partial charge in [0.25, 0.3) is 0 Å². The number of hydrogen-bond donors (Lipinski definition) is 3. The second kappa shape index (κ2) is 5.49. The lowest BCUT2D eigenvalue weighted by Gasteiger charge is -2.32. The fraction of sp³-hybridized carbons (Fsp3) is 0.500. The topological polar surface area (TPSA) is 110 Å². The van der Waals surface area contributed by atoms with Crippen molar-refractivity contribution in [2.75, 3.05) is 23.4 Å². The van der Waals surface area contributed by atoms with E-state index >= 15 is 0 Å². The SMILES string of the molecule is NNc1ncc(Br)c(N2CCCC(C(N)=O)C2)n1. The van der Waals surface area contributed by atoms with Crippen molar-refractivity contribution in [3.8, 4) is 0 Å². The maximum atomic E-state index is 11.3. The van der Waals surface area contributed by atoms with Gasteiger partial charge in [-0.05, 0) is 28.8 Å². The van der Waals surface area contributed by atoms with Crippen LogP contribution in [0.3, 0.4) is 0 Å². The molecule has 0 aliphatic carbocycles. The van der Waals surface area contributed by atoms with Gasteiger partial charge >= 0.3 is 0 Å². The smallest absolute Gasteiger partial charge is 0.239 e. The molecule has 1 saturated heterocycles. The molecule has 0 spiro atoms. The van der Waals surface area contributed by atoms with E-state index in [-0.39, 0.29) is 11.8 Å². The molecule has 1 amide bonds. The van der Waals surface area contributed by atoms with E-state index < -0.39 is 0 Å². The minimum Gasteiger partial charge on any atom is -0.369 e. The highest BCUT2D eigenvalue weighted by atomic mass is 79.9. The van der Waals surface area contributed by atoms with Crippen LogP contribution >= 0.6 is 15.9 Å². The standard InChI is InChI=1S/C10H15BrN6O/c11-7-4-14-10(16-13)15-9(7)17-3-1-2-6(5-17)8(12)18/h4,6H,1-3,5,13H2,(H2,12,18)(H,14,15,16). The average molecular weight is 315 g/mol. The van der Waals surface area contributed by atoms with Crippen LogP contribution in [0.5, 0.6) is 0 Å². The number of nitrogens with two attached hydrogens (primary N) is 2. The van der Waals surface area contributed by atoms with Crippen LogP contribution < -0.4 is 21.9 Å². The number of piperidine rings is 1. The molecule has 18 heavy (non-hydrogen) atoms. The van der Waals surface area contributed by atoms with Crippen molar-refractivity contribution >= 4 is 33.6 Å². The molecule has 0 bridgehead atoms. The van der Waals surface area contributed by atoms with Crippen LogP contribution in [0.25, 0.3) is 0 Å². The fourth-order valence-electron chi connectivity index (χ4n) is 2.05. The van der Waals surface area contributed by atoms with Crippen LogP contribution in [-0.4, -0.2) is 29.0 Å². The summed E-state index contributed by atoms with van der Waals surface area (Å²) in [5.41, 5.74) is 7.77. The summed E-state index contributed by atoms with van der Waals surface area (Å²) in [4.78, 5) is 21.6. The van der Waals surface area contributed by atoms with Crippen LogP contribution in [-0.2, 0) is 4.79 Å². The largest absolute Gasteiger partial charge is 0.369 e. The van der Waals surface area contributed by atoms with Crippen molar-refractivity contribution in [1.82, 2.24) is 9.97 Å². The van der Waals surface area contributed by atoms with Gasteiger partial charge in [0.05, 0.1) is 10.4 Å². The van der Waals surface area contributed by atoms with Crippen LogP contribution in [0.2, 0.25) is 0 Å². The maximum Gasteiger partial charge on any atom is 0.239 e. The minimum atomic E-state index is -0.262. The highest BCUT2D eigenvalue weighted by Crippen LogP contribution is 2.28. The molecule has 5 N–H and O–H groups in total. The van der Waals surface area contributed by atoms with Gasteiger partial charge in [-0.2, -0.15) is 4.98 Å². The van der Waals surface area contributed by atoms with Gasteiger partial charge in [0, 0.05) is 19.3 Å². The van der Waals surface area contributed by atoms with E-state index in [1.807, 2.05) is 4.90 Å². The van der Waals surface area contributed by atoms with Gasteiger partial charge in [0.2, 0.25) is 11.9 Å². The lowest BCUT2D eigenvalue weighted by molar-refractivity contribution is -0.122. The zero-order chi connectivity index (χ0) is 13.1. The summed E-state index contributed by atoms with van der Waals surface area (Å²) in [6.45, 7) is 1.42. The zero-order valence-electron chi connectivity index (χ0n) is 9.77. The van der Waals surface area contributed by atoms with Gasteiger partial charge in [0.1, 0.15) is 5.82 Å². The van der Waals surface area contributed by atoms with Gasteiger partial charge < -0.3 is 10.6 Å². The Labute approximate surface area is 113 Å². The summed E-state index contributed by atoms with van der Waals surface area (Å²) < 4.78 is 0.770. The Kier molecular flexibility index (Phi) is 3.97. The first kappa shape index (κ1) is 13.0. The molecule has 1 fully saturated rings. The second-order valence-electron chi connectivity index (χ2n) is 4.20. The third-order valence-electron chi connectivity index (χ3n) is 2.98. The number of hydrazine groups is 1. The normalized spacial score (nSPS) is 19.7. The lowest BCUT2D eigenvalue weighted by atomic mass is 9.97. The van der Waals surface area contributed by atoms with Crippen LogP contribution in [0, 0.1) is 5.92 Å². The Morgan fingerprint density at radius 2 is 2.39 bits per heavy atom. The monoisotopic (exact) mass is 314 g/mol. The molecular formula is C10H15BrN6O. The van der Waals surface area contributed by atoms with Crippen molar-refractivity contribution in [1.29, 1.82) is 0 Å². The summed E-state index contributed by atoms with van der Waals surface area (Å²) in [5.74, 6) is 5.97. The predicted molar refractivity (Wildman–Crippen MR) is 71.7 cm³/mol. The number of hydrogen-bond acceptors (Lipinski definition) is 6. The summed E-state index contributed by atoms with van der Waals surface area (Å²) >= 11 is 3.40. The number of nitrogens with one attached hydrogen (secondary N) is 1. The molecule has 0 saturated carbocycles. The molecule has 1 atom stereocenters. The number of anilines is 2. The fourth-order valence-corrected chi connectivity index (χ4v) is 2.49. The van der Waals surface area contributed by atoms with Crippen LogP contribution in [0.15, 0.2) is 10.7 Å². The first-order valence-corrected chi connectivity index (χ1v) is 6.44. The molecule has 8 heteroatoms. The Hall–Kier alpha value is -1.41. The molecule has 1 aromatic heterocycles. The Balaban J connectivity index is 2.22. The van der Waals surface area contributed by atoms with Crippen LogP contribution in [0.1, 0.15) is 12.8 Å². The van der Waals surface area contributed by atoms with Crippen LogP contribution in [0.4, 0.5) is 11.8 Å². The van der Waals surface area contributed by atoms with Crippen molar-refractivity contribution < 1.29 is 4.79 Å². The third-order valence-corrected chi connectivity index (χ3v) is 3.54. The highest BCUT2D eigenvalue weighted by Gasteiger charge is 2.26. The molecule has 1 unspecified atom stereocenters. The molecule has 2 heterocycles. The molecule has 1 aliphatic rings. The van der Waals surface area contributed by atoms with E-state index in [9.17, 15) is 4.79 Å². The van der Waals surface area contributed by atoms with Crippen molar-refractivity contribution in [3.05, 3.63) is 10.7 Å². The summed E-state index contributed by atoms with van der Waals surface area (Å²) in [5, 5.41) is 0. The zero-order valence-corrected chi connectivity index (χ0v) is 11.4. The third kappa shape index (κ3) is 2.70. The van der Waals surface area contributed by atoms with Gasteiger partial charge in [0.15, 0.2) is 0 Å². The van der Waals surface area contributed by atoms with Crippen molar-refractivity contribution in [2.45, 2.75) is 12.8 Å². The van der Waals surface area contributed by atoms with Gasteiger partial charge in [-0.3, -0.25) is 10.2 Å². The average Bonchev–Trinajstić information content (AvgIpc) is 2.39. The van der Waals surface area contributed by atoms with E-state index in [2.05, 4.69) is 31.3 Å². The number of halogens is 1. The molecule has 0 aromatic carbocycles. The van der Waals surface area contributed by atoms with Crippen molar-refractivity contribution in [3.63, 3.8) is 0 Å². The predicted octanol–water partition coefficient (Wildman–Crippen LogP) is 0.226. The van der Waals surface area contributed by atoms with E-state index in [1.165, 1.54) is 0 Å². The maximum absolute atomic E-state index is 11.3. The number of primary amides is 1. The van der Waals surface area contributed by atoms with Gasteiger partial charge in [-0.15, -0.1) is 0 Å². The summed E-state index contributed by atoms with van der Waals surface area (Å²) in [6.07, 6.45) is 3.37. The van der Waals surface area contributed by atoms with Gasteiger partial charge in [-0.1, -0.05) is 0 Å². The Morgan fingerprint density at radius 3 is 3.06 bits per heavy atom. The number of rotatable bonds is 3. The van der Waals surface area contributed by atoms with E-state index in [0.717, 1.165) is 29.7 Å². The molecule has 98 valence electrons. The van der Waals surface area contributed by atoms with E-state index in [4.69, 9.17) is 11.6 Å². The first-order chi connectivity index (χ1) is 8.61. The van der Waals surface area contributed by atoms with E-state index in [0.29, 0.717) is 12.5 Å². The quantitative estimate of drug-likeness (QED) is 0.544. The van der Waals surface area contributed by atoms with Crippen molar-refractivity contribution in [2.24, 2.45) is 17.5 Å². The summed E-state index contributed by atoms with van der Waals surface area (Å²) in [6, 6.07) is 0.